The molecular weight excluding hydrogens is 978 g/mol. The summed E-state index contributed by atoms with van der Waals surface area (Å²) in [7, 11) is 0. The molecule has 0 spiro atoms. The van der Waals surface area contributed by atoms with Crippen molar-refractivity contribution in [3.8, 4) is 0 Å². The van der Waals surface area contributed by atoms with Crippen LogP contribution in [0.1, 0.15) is 6.42 Å². The van der Waals surface area contributed by atoms with Crippen molar-refractivity contribution in [1.82, 2.24) is 0 Å². The Hall–Kier alpha value is -1.28. The van der Waals surface area contributed by atoms with Crippen molar-refractivity contribution < 1.29 is 154 Å². The number of hydrogen-bond donors (Lipinski definition) is 20. The third-order valence-corrected chi connectivity index (χ3v) is 13.0. The first-order valence-electron chi connectivity index (χ1n) is 22.8. The summed E-state index contributed by atoms with van der Waals surface area (Å²) in [5, 5.41) is 202. The van der Waals surface area contributed by atoms with E-state index in [-0.39, 0.29) is 13.2 Å². The van der Waals surface area contributed by atoms with Crippen LogP contribution in [-0.2, 0) is 56.8 Å². The lowest BCUT2D eigenvalue weighted by Gasteiger charge is -2.50. The molecule has 416 valence electrons. The van der Waals surface area contributed by atoms with Crippen molar-refractivity contribution >= 4 is 0 Å². The van der Waals surface area contributed by atoms with Crippen molar-refractivity contribution in [2.75, 3.05) is 52.8 Å². The van der Waals surface area contributed by atoms with Gasteiger partial charge in [-0.2, -0.15) is 0 Å². The number of hydrogen-bond acceptors (Lipinski definition) is 32. The lowest BCUT2D eigenvalue weighted by molar-refractivity contribution is -0.396. The molecule has 0 bridgehead atoms. The Balaban J connectivity index is 1.06. The maximum absolute atomic E-state index is 11.3. The molecule has 6 rings (SSSR count). The molecule has 0 aliphatic carbocycles. The van der Waals surface area contributed by atoms with Gasteiger partial charge in [0.1, 0.15) is 146 Å². The lowest BCUT2D eigenvalue weighted by Crippen LogP contribution is -2.68. The zero-order chi connectivity index (χ0) is 52.2. The van der Waals surface area contributed by atoms with Crippen LogP contribution < -0.4 is 5.73 Å². The predicted molar refractivity (Wildman–Crippen MR) is 217 cm³/mol. The van der Waals surface area contributed by atoms with Crippen LogP contribution in [-0.4, -0.2) is 334 Å². The Morgan fingerprint density at radius 3 is 0.761 bits per heavy atom. The van der Waals surface area contributed by atoms with Gasteiger partial charge in [0.05, 0.1) is 46.2 Å². The molecule has 0 amide bonds. The fourth-order valence-corrected chi connectivity index (χ4v) is 8.93. The van der Waals surface area contributed by atoms with Crippen LogP contribution in [0, 0.1) is 0 Å². The number of aliphatic hydroxyl groups is 19. The molecule has 0 aromatic heterocycles. The summed E-state index contributed by atoms with van der Waals surface area (Å²) in [5.41, 5.74) is 5.45. The number of rotatable bonds is 20. The average Bonchev–Trinajstić information content (AvgIpc) is 3.36. The summed E-state index contributed by atoms with van der Waals surface area (Å²) in [4.78, 5) is 0. The number of nitrogens with two attached hydrogens (primary N) is 1. The molecule has 30 atom stereocenters. The van der Waals surface area contributed by atoms with Gasteiger partial charge >= 0.3 is 0 Å². The Kier molecular flexibility index (Phi) is 21.7. The smallest absolute Gasteiger partial charge is 0.187 e. The summed E-state index contributed by atoms with van der Waals surface area (Å²) in [6, 6.07) is 0. The van der Waals surface area contributed by atoms with Gasteiger partial charge in [-0.05, 0) is 13.0 Å². The van der Waals surface area contributed by atoms with E-state index in [0.717, 1.165) is 0 Å². The van der Waals surface area contributed by atoms with Crippen LogP contribution in [0.4, 0.5) is 0 Å². The third-order valence-electron chi connectivity index (χ3n) is 13.0. The van der Waals surface area contributed by atoms with E-state index in [4.69, 9.17) is 62.6 Å². The van der Waals surface area contributed by atoms with Gasteiger partial charge in [-0.15, -0.1) is 0 Å². The minimum absolute atomic E-state index is 0.0360. The number of ether oxygens (including phenoxy) is 12. The van der Waals surface area contributed by atoms with E-state index in [2.05, 4.69) is 0 Å². The maximum Gasteiger partial charge on any atom is 0.187 e. The molecule has 0 aromatic rings. The van der Waals surface area contributed by atoms with Crippen LogP contribution in [0.25, 0.3) is 0 Å². The molecule has 21 N–H and O–H groups in total. The van der Waals surface area contributed by atoms with Gasteiger partial charge in [0.2, 0.25) is 0 Å². The predicted octanol–water partition coefficient (Wildman–Crippen LogP) is -13.7. The summed E-state index contributed by atoms with van der Waals surface area (Å²) in [5.74, 6) is 0. The monoisotopic (exact) mass is 1050 g/mol. The molecule has 0 aromatic carbocycles. The topological polar surface area (TPSA) is 521 Å². The van der Waals surface area contributed by atoms with Crippen LogP contribution in [0.5, 0.6) is 0 Å². The first-order valence-corrected chi connectivity index (χ1v) is 22.8. The van der Waals surface area contributed by atoms with E-state index >= 15 is 0 Å². The molecule has 0 radical (unpaired) electrons. The van der Waals surface area contributed by atoms with Gasteiger partial charge in [-0.3, -0.25) is 0 Å². The molecule has 6 aliphatic heterocycles. The minimum Gasteiger partial charge on any atom is -0.394 e. The molecule has 12 unspecified atom stereocenters. The fourth-order valence-electron chi connectivity index (χ4n) is 8.93. The van der Waals surface area contributed by atoms with Crippen molar-refractivity contribution in [3.05, 3.63) is 0 Å². The molecule has 6 heterocycles. The Bertz CT molecular complexity index is 1570. The van der Waals surface area contributed by atoms with Crippen molar-refractivity contribution in [2.45, 2.75) is 191 Å². The van der Waals surface area contributed by atoms with Gasteiger partial charge in [0.15, 0.2) is 37.7 Å². The SMILES string of the molecule is NCCCO[C@@H]1OC(CO)[C@@H](O[C@H]2OC(CO)[C@H](O[C@H]3OC(CO)[C@@H](O[C@@H]4OC(CO)[C@@H](O[C@H]5OC(CO)[C@H](O[C@H]6OC(CO)[C@@H](O)[C@H](O)C6O)[C@H](O)C5O)[C@H](O)C4O)[C@H](O)C3O)[C@H](O)C2O)[C@H](O)C1O. The van der Waals surface area contributed by atoms with Gasteiger partial charge in [0, 0.05) is 0 Å². The van der Waals surface area contributed by atoms with E-state index < -0.39 is 224 Å². The van der Waals surface area contributed by atoms with Crippen molar-refractivity contribution in [1.29, 1.82) is 0 Å². The van der Waals surface area contributed by atoms with Crippen molar-refractivity contribution in [3.63, 3.8) is 0 Å². The van der Waals surface area contributed by atoms with Gasteiger partial charge in [0.25, 0.3) is 0 Å². The molecule has 0 saturated carbocycles. The largest absolute Gasteiger partial charge is 0.394 e. The van der Waals surface area contributed by atoms with E-state index in [9.17, 15) is 97.0 Å². The summed E-state index contributed by atoms with van der Waals surface area (Å²) in [6.07, 6.45) is -55.0. The highest BCUT2D eigenvalue weighted by atomic mass is 16.8. The Morgan fingerprint density at radius 1 is 0.282 bits per heavy atom. The third kappa shape index (κ3) is 12.6. The normalized spacial score (nSPS) is 51.0. The van der Waals surface area contributed by atoms with Gasteiger partial charge < -0.3 is 160 Å². The standard InChI is InChI=1S/C39H69NO31/c40-2-1-3-60-34-24(55)18(49)29(11(5-42)62-34)68-36-26(57)20(51)31(13(7-44)64-36)70-38-28(59)22(53)33(15(9-46)66-38)71-39-27(58)21(52)32(14(8-45)65-39)69-37-25(56)19(50)30(12(6-43)63-37)67-35-23(54)17(48)16(47)10(4-41)61-35/h10-39,41-59H,1-9,40H2/t10?,11?,12?,13?,14?,15?,16-,17+,18-,19-,20-,21-,22-,23?,24?,25?,26?,27?,28?,29-,30+,31+,32-,33-,34-,35-,36-,37-,38-,39+/m1/s1. The van der Waals surface area contributed by atoms with E-state index in [1.807, 2.05) is 0 Å². The van der Waals surface area contributed by atoms with E-state index in [0.29, 0.717) is 6.42 Å². The highest BCUT2D eigenvalue weighted by molar-refractivity contribution is 5.00. The van der Waals surface area contributed by atoms with Gasteiger partial charge in [-0.1, -0.05) is 0 Å². The van der Waals surface area contributed by atoms with Crippen LogP contribution in [0.2, 0.25) is 0 Å². The molecule has 32 heteroatoms. The number of aliphatic hydroxyl groups excluding tert-OH is 19. The van der Waals surface area contributed by atoms with Crippen molar-refractivity contribution in [2.24, 2.45) is 5.73 Å². The maximum atomic E-state index is 11.3. The second-order valence-electron chi connectivity index (χ2n) is 17.7. The van der Waals surface area contributed by atoms with E-state index in [1.54, 1.807) is 0 Å². The summed E-state index contributed by atoms with van der Waals surface area (Å²) >= 11 is 0. The first kappa shape index (κ1) is 59.0. The molecule has 71 heavy (non-hydrogen) atoms. The van der Waals surface area contributed by atoms with Crippen LogP contribution in [0.15, 0.2) is 0 Å². The van der Waals surface area contributed by atoms with Crippen LogP contribution in [0.3, 0.4) is 0 Å². The Morgan fingerprint density at radius 2 is 0.507 bits per heavy atom. The fraction of sp³-hybridized carbons (Fsp3) is 1.00. The second kappa shape index (κ2) is 26.2. The molecule has 6 aliphatic rings. The quantitative estimate of drug-likeness (QED) is 0.0504. The summed E-state index contributed by atoms with van der Waals surface area (Å²) in [6.45, 7) is -5.29. The van der Waals surface area contributed by atoms with Crippen LogP contribution >= 0.6 is 0 Å². The first-order chi connectivity index (χ1) is 33.8. The Labute approximate surface area is 402 Å². The molecule has 6 fully saturated rings. The highest BCUT2D eigenvalue weighted by Gasteiger charge is 2.57. The zero-order valence-corrected chi connectivity index (χ0v) is 37.7. The second-order valence-corrected chi connectivity index (χ2v) is 17.7. The minimum atomic E-state index is -2.17. The average molecular weight is 1050 g/mol. The summed E-state index contributed by atoms with van der Waals surface area (Å²) < 4.78 is 66.9. The molecule has 32 nitrogen and oxygen atoms in total. The van der Waals surface area contributed by atoms with Gasteiger partial charge in [-0.25, -0.2) is 0 Å². The lowest BCUT2D eigenvalue weighted by atomic mass is 9.95. The zero-order valence-electron chi connectivity index (χ0n) is 37.7. The molecule has 6 saturated heterocycles. The highest BCUT2D eigenvalue weighted by Crippen LogP contribution is 2.37. The van der Waals surface area contributed by atoms with E-state index in [1.165, 1.54) is 0 Å². The molecular formula is C39H69NO31.